The van der Waals surface area contributed by atoms with Crippen LogP contribution in [-0.4, -0.2) is 21.9 Å². The van der Waals surface area contributed by atoms with Crippen LogP contribution in [0.1, 0.15) is 21.5 Å². The van der Waals surface area contributed by atoms with Crippen LogP contribution < -0.4 is 5.73 Å². The van der Waals surface area contributed by atoms with Gasteiger partial charge in [-0.1, -0.05) is 35.9 Å². The quantitative estimate of drug-likeness (QED) is 0.699. The third kappa shape index (κ3) is 3.36. The second-order valence-corrected chi connectivity index (χ2v) is 5.78. The summed E-state index contributed by atoms with van der Waals surface area (Å²) < 4.78 is 1.81. The molecule has 0 saturated heterocycles. The molecule has 0 unspecified atom stereocenters. The number of amides is 1. The molecule has 0 saturated carbocycles. The fourth-order valence-corrected chi connectivity index (χ4v) is 2.62. The summed E-state index contributed by atoms with van der Waals surface area (Å²) in [5.74, 6) is -0.437. The molecule has 24 heavy (non-hydrogen) atoms. The van der Waals surface area contributed by atoms with Crippen molar-refractivity contribution in [2.75, 3.05) is 0 Å². The van der Waals surface area contributed by atoms with Gasteiger partial charge in [0.25, 0.3) is 0 Å². The monoisotopic (exact) mass is 338 g/mol. The first kappa shape index (κ1) is 16.0. The van der Waals surface area contributed by atoms with E-state index in [1.54, 1.807) is 18.3 Å². The van der Waals surface area contributed by atoms with Crippen LogP contribution in [0.15, 0.2) is 54.9 Å². The van der Waals surface area contributed by atoms with Crippen molar-refractivity contribution in [3.05, 3.63) is 76.6 Å². The first-order valence-electron chi connectivity index (χ1n) is 7.28. The third-order valence-corrected chi connectivity index (χ3v) is 4.03. The van der Waals surface area contributed by atoms with Crippen LogP contribution in [0.25, 0.3) is 11.1 Å². The molecule has 6 heteroatoms. The minimum absolute atomic E-state index is 0.437. The lowest BCUT2D eigenvalue weighted by molar-refractivity contribution is 0.100. The van der Waals surface area contributed by atoms with E-state index in [0.29, 0.717) is 22.7 Å². The second kappa shape index (κ2) is 6.68. The number of rotatable bonds is 5. The van der Waals surface area contributed by atoms with Gasteiger partial charge < -0.3 is 11.1 Å². The van der Waals surface area contributed by atoms with Gasteiger partial charge in [0.15, 0.2) is 0 Å². The zero-order valence-electron chi connectivity index (χ0n) is 12.7. The Hall–Kier alpha value is -2.92. The van der Waals surface area contributed by atoms with Crippen molar-refractivity contribution < 1.29 is 4.79 Å². The van der Waals surface area contributed by atoms with Gasteiger partial charge in [-0.05, 0) is 29.3 Å². The van der Waals surface area contributed by atoms with Crippen molar-refractivity contribution in [2.24, 2.45) is 5.73 Å². The Morgan fingerprint density at radius 1 is 1.21 bits per heavy atom. The maximum Gasteiger partial charge on any atom is 0.248 e. The van der Waals surface area contributed by atoms with E-state index in [1.165, 1.54) is 6.21 Å². The molecule has 0 aliphatic carbocycles. The zero-order valence-corrected chi connectivity index (χ0v) is 13.5. The van der Waals surface area contributed by atoms with E-state index < -0.39 is 5.91 Å². The van der Waals surface area contributed by atoms with E-state index in [0.717, 1.165) is 16.7 Å². The van der Waals surface area contributed by atoms with E-state index in [9.17, 15) is 4.79 Å². The van der Waals surface area contributed by atoms with Crippen molar-refractivity contribution in [2.45, 2.75) is 6.54 Å². The van der Waals surface area contributed by atoms with Gasteiger partial charge in [0, 0.05) is 34.1 Å². The first-order chi connectivity index (χ1) is 11.6. The molecular weight excluding hydrogens is 324 g/mol. The standard InChI is InChI=1S/C18H15ClN4O/c19-17-7-14(5-6-15(17)8-20)16-9-22-23(11-16)10-12-1-3-13(4-2-12)18(21)24/h1-9,11,20H,10H2,(H2,21,24). The lowest BCUT2D eigenvalue weighted by Crippen LogP contribution is -2.10. The minimum Gasteiger partial charge on any atom is -0.366 e. The van der Waals surface area contributed by atoms with Crippen LogP contribution in [-0.2, 0) is 6.54 Å². The summed E-state index contributed by atoms with van der Waals surface area (Å²) in [7, 11) is 0. The molecule has 3 rings (SSSR count). The van der Waals surface area contributed by atoms with Gasteiger partial charge in [0.05, 0.1) is 12.7 Å². The van der Waals surface area contributed by atoms with Gasteiger partial charge in [0.1, 0.15) is 0 Å². The van der Waals surface area contributed by atoms with Crippen LogP contribution in [0.3, 0.4) is 0 Å². The van der Waals surface area contributed by atoms with E-state index in [2.05, 4.69) is 5.10 Å². The minimum atomic E-state index is -0.437. The summed E-state index contributed by atoms with van der Waals surface area (Å²) in [6.45, 7) is 0.589. The summed E-state index contributed by atoms with van der Waals surface area (Å²) in [6, 6.07) is 12.7. The number of hydrogen-bond acceptors (Lipinski definition) is 3. The molecule has 0 aliphatic heterocycles. The summed E-state index contributed by atoms with van der Waals surface area (Å²) in [6.07, 6.45) is 4.93. The van der Waals surface area contributed by atoms with Crippen LogP contribution >= 0.6 is 11.6 Å². The third-order valence-electron chi connectivity index (χ3n) is 3.71. The Bertz CT molecular complexity index is 900. The smallest absolute Gasteiger partial charge is 0.248 e. The molecule has 0 spiro atoms. The molecule has 1 aromatic heterocycles. The Balaban J connectivity index is 1.79. The SMILES string of the molecule is N=Cc1ccc(-c2cnn(Cc3ccc(C(N)=O)cc3)c2)cc1Cl. The van der Waals surface area contributed by atoms with E-state index in [1.807, 2.05) is 41.2 Å². The zero-order chi connectivity index (χ0) is 17.1. The first-order valence-corrected chi connectivity index (χ1v) is 7.66. The summed E-state index contributed by atoms with van der Waals surface area (Å²) in [5.41, 5.74) is 9.32. The number of benzene rings is 2. The summed E-state index contributed by atoms with van der Waals surface area (Å²) >= 11 is 6.14. The van der Waals surface area contributed by atoms with Crippen molar-refractivity contribution >= 4 is 23.7 Å². The van der Waals surface area contributed by atoms with E-state index >= 15 is 0 Å². The lowest BCUT2D eigenvalue weighted by Gasteiger charge is -2.03. The highest BCUT2D eigenvalue weighted by Gasteiger charge is 2.06. The van der Waals surface area contributed by atoms with Gasteiger partial charge in [-0.25, -0.2) is 0 Å². The molecule has 1 heterocycles. The largest absolute Gasteiger partial charge is 0.366 e. The van der Waals surface area contributed by atoms with Gasteiger partial charge >= 0.3 is 0 Å². The molecule has 0 atom stereocenters. The van der Waals surface area contributed by atoms with Crippen molar-refractivity contribution in [3.8, 4) is 11.1 Å². The van der Waals surface area contributed by atoms with Gasteiger partial charge in [-0.15, -0.1) is 0 Å². The Kier molecular flexibility index (Phi) is 4.44. The number of carbonyl (C=O) groups is 1. The van der Waals surface area contributed by atoms with Crippen molar-refractivity contribution in [1.82, 2.24) is 9.78 Å². The molecule has 3 N–H and O–H groups in total. The predicted octanol–water partition coefficient (Wildman–Crippen LogP) is 3.35. The summed E-state index contributed by atoms with van der Waals surface area (Å²) in [4.78, 5) is 11.1. The number of nitrogens with two attached hydrogens (primary N) is 1. The molecule has 0 bridgehead atoms. The number of nitrogens with zero attached hydrogens (tertiary/aromatic N) is 2. The Labute approximate surface area is 144 Å². The fourth-order valence-electron chi connectivity index (χ4n) is 2.38. The van der Waals surface area contributed by atoms with Crippen LogP contribution in [0.2, 0.25) is 5.02 Å². The molecule has 120 valence electrons. The second-order valence-electron chi connectivity index (χ2n) is 5.37. The number of carbonyl (C=O) groups excluding carboxylic acids is 1. The fraction of sp³-hybridized carbons (Fsp3) is 0.0556. The maximum absolute atomic E-state index is 11.1. The molecule has 0 radical (unpaired) electrons. The Morgan fingerprint density at radius 3 is 2.58 bits per heavy atom. The van der Waals surface area contributed by atoms with Crippen LogP contribution in [0, 0.1) is 5.41 Å². The van der Waals surface area contributed by atoms with Crippen molar-refractivity contribution in [3.63, 3.8) is 0 Å². The summed E-state index contributed by atoms with van der Waals surface area (Å²) in [5, 5.41) is 12.2. The number of aromatic nitrogens is 2. The van der Waals surface area contributed by atoms with Gasteiger partial charge in [0.2, 0.25) is 5.91 Å². The average molecular weight is 339 g/mol. The highest BCUT2D eigenvalue weighted by Crippen LogP contribution is 2.24. The number of primary amides is 1. The highest BCUT2D eigenvalue weighted by molar-refractivity contribution is 6.33. The molecule has 1 amide bonds. The molecule has 0 fully saturated rings. The molecule has 5 nitrogen and oxygen atoms in total. The van der Waals surface area contributed by atoms with Gasteiger partial charge in [-0.2, -0.15) is 5.10 Å². The van der Waals surface area contributed by atoms with Crippen LogP contribution in [0.5, 0.6) is 0 Å². The van der Waals surface area contributed by atoms with E-state index in [4.69, 9.17) is 22.7 Å². The molecule has 0 aliphatic rings. The predicted molar refractivity (Wildman–Crippen MR) is 94.6 cm³/mol. The van der Waals surface area contributed by atoms with Crippen LogP contribution in [0.4, 0.5) is 0 Å². The molecule has 2 aromatic carbocycles. The maximum atomic E-state index is 11.1. The molecule has 3 aromatic rings. The molecular formula is C18H15ClN4O. The van der Waals surface area contributed by atoms with Gasteiger partial charge in [-0.3, -0.25) is 9.48 Å². The topological polar surface area (TPSA) is 84.8 Å². The highest BCUT2D eigenvalue weighted by atomic mass is 35.5. The number of nitrogens with one attached hydrogen (secondary N) is 1. The van der Waals surface area contributed by atoms with Crippen molar-refractivity contribution in [1.29, 1.82) is 5.41 Å². The lowest BCUT2D eigenvalue weighted by atomic mass is 10.1. The average Bonchev–Trinajstić information content (AvgIpc) is 3.04. The normalized spacial score (nSPS) is 10.5. The van der Waals surface area contributed by atoms with E-state index in [-0.39, 0.29) is 0 Å². The number of halogens is 1. The Morgan fingerprint density at radius 2 is 1.96 bits per heavy atom. The number of hydrogen-bond donors (Lipinski definition) is 2.